The molecule has 4 aliphatic rings. The Balaban J connectivity index is 1.54. The quantitative estimate of drug-likeness (QED) is 0.432. The van der Waals surface area contributed by atoms with Crippen LogP contribution in [0, 0.1) is 51.2 Å². The minimum Gasteiger partial charge on any atom is -0.393 e. The van der Waals surface area contributed by atoms with Crippen molar-refractivity contribution in [2.45, 2.75) is 137 Å². The summed E-state index contributed by atoms with van der Waals surface area (Å²) >= 11 is 0. The van der Waals surface area contributed by atoms with E-state index in [1.54, 1.807) is 13.8 Å². The molecule has 3 N–H and O–H groups in total. The fourth-order valence-electron chi connectivity index (χ4n) is 10.4. The first-order valence-corrected chi connectivity index (χ1v) is 14.2. The van der Waals surface area contributed by atoms with Crippen molar-refractivity contribution in [2.75, 3.05) is 0 Å². The van der Waals surface area contributed by atoms with Gasteiger partial charge >= 0.3 is 0 Å². The van der Waals surface area contributed by atoms with Gasteiger partial charge in [-0.2, -0.15) is 0 Å². The molecule has 4 rings (SSSR count). The van der Waals surface area contributed by atoms with Crippen LogP contribution in [0.3, 0.4) is 0 Å². The second-order valence-corrected chi connectivity index (χ2v) is 15.0. The lowest BCUT2D eigenvalue weighted by Gasteiger charge is -2.67. The molecular weight excluding hydrogens is 408 g/mol. The fraction of sp³-hybridized carbons (Fsp3) is 1.00. The summed E-state index contributed by atoms with van der Waals surface area (Å²) < 4.78 is 0. The van der Waals surface area contributed by atoms with Crippen LogP contribution in [-0.2, 0) is 0 Å². The molecule has 0 bridgehead atoms. The molecule has 0 aromatic heterocycles. The van der Waals surface area contributed by atoms with E-state index < -0.39 is 11.7 Å². The van der Waals surface area contributed by atoms with Crippen molar-refractivity contribution in [3.05, 3.63) is 0 Å². The number of aliphatic hydroxyl groups is 3. The van der Waals surface area contributed by atoms with E-state index in [1.165, 1.54) is 44.9 Å². The van der Waals surface area contributed by atoms with E-state index in [0.29, 0.717) is 40.4 Å². The molecule has 0 spiro atoms. The maximum absolute atomic E-state index is 10.8. The fourth-order valence-corrected chi connectivity index (χ4v) is 10.4. The Labute approximate surface area is 204 Å². The van der Waals surface area contributed by atoms with Gasteiger partial charge in [0, 0.05) is 0 Å². The summed E-state index contributed by atoms with van der Waals surface area (Å²) in [6, 6.07) is 0. The largest absolute Gasteiger partial charge is 0.393 e. The van der Waals surface area contributed by atoms with Crippen LogP contribution in [0.1, 0.15) is 120 Å². The first-order valence-electron chi connectivity index (χ1n) is 14.2. The van der Waals surface area contributed by atoms with E-state index in [4.69, 9.17) is 0 Å². The van der Waals surface area contributed by atoms with E-state index in [2.05, 4.69) is 41.5 Å². The zero-order valence-electron chi connectivity index (χ0n) is 23.0. The zero-order valence-corrected chi connectivity index (χ0v) is 23.0. The molecule has 0 saturated heterocycles. The Morgan fingerprint density at radius 2 is 1.45 bits per heavy atom. The standard InChI is InChI=1S/C30H54O3/c1-19(9-12-25(32)27(4,5)33)20-13-17-30(8)22-10-11-23-26(2,3)24(31)15-16-28(23,6)21(22)14-18-29(20,30)7/h19-25,31-33H,9-18H2,1-8H3/t19?,20?,21?,22?,23-,24-,25?,28+,29+,30-/m0/s1. The predicted octanol–water partition coefficient (Wildman–Crippen LogP) is 6.58. The van der Waals surface area contributed by atoms with E-state index in [1.807, 2.05) is 0 Å². The first kappa shape index (κ1) is 26.0. The molecule has 4 fully saturated rings. The van der Waals surface area contributed by atoms with E-state index in [-0.39, 0.29) is 11.5 Å². The van der Waals surface area contributed by atoms with Gasteiger partial charge < -0.3 is 15.3 Å². The zero-order chi connectivity index (χ0) is 24.6. The van der Waals surface area contributed by atoms with Crippen molar-refractivity contribution in [3.8, 4) is 0 Å². The topological polar surface area (TPSA) is 60.7 Å². The summed E-state index contributed by atoms with van der Waals surface area (Å²) in [5.74, 6) is 3.55. The Kier molecular flexibility index (Phi) is 6.45. The predicted molar refractivity (Wildman–Crippen MR) is 136 cm³/mol. The van der Waals surface area contributed by atoms with Crippen LogP contribution in [0.25, 0.3) is 0 Å². The van der Waals surface area contributed by atoms with Crippen molar-refractivity contribution >= 4 is 0 Å². The molecular formula is C30H54O3. The van der Waals surface area contributed by atoms with Crippen LogP contribution in [0.5, 0.6) is 0 Å². The molecule has 0 aliphatic heterocycles. The van der Waals surface area contributed by atoms with Crippen LogP contribution in [0.2, 0.25) is 0 Å². The van der Waals surface area contributed by atoms with Crippen LogP contribution in [0.4, 0.5) is 0 Å². The third-order valence-electron chi connectivity index (χ3n) is 12.9. The average molecular weight is 463 g/mol. The highest BCUT2D eigenvalue weighted by atomic mass is 16.3. The van der Waals surface area contributed by atoms with Gasteiger partial charge in [-0.25, -0.2) is 0 Å². The lowest BCUT2D eigenvalue weighted by Crippen LogP contribution is -2.61. The smallest absolute Gasteiger partial charge is 0.0849 e. The van der Waals surface area contributed by atoms with Crippen LogP contribution in [0.15, 0.2) is 0 Å². The molecule has 3 nitrogen and oxygen atoms in total. The van der Waals surface area contributed by atoms with Gasteiger partial charge in [-0.15, -0.1) is 0 Å². The van der Waals surface area contributed by atoms with E-state index >= 15 is 0 Å². The second kappa shape index (κ2) is 8.20. The third-order valence-corrected chi connectivity index (χ3v) is 12.9. The number of hydrogen-bond acceptors (Lipinski definition) is 3. The van der Waals surface area contributed by atoms with Gasteiger partial charge in [0.25, 0.3) is 0 Å². The van der Waals surface area contributed by atoms with Gasteiger partial charge in [0.15, 0.2) is 0 Å². The van der Waals surface area contributed by atoms with Gasteiger partial charge in [0.1, 0.15) is 0 Å². The van der Waals surface area contributed by atoms with Gasteiger partial charge in [0.2, 0.25) is 0 Å². The van der Waals surface area contributed by atoms with Crippen molar-refractivity contribution < 1.29 is 15.3 Å². The third kappa shape index (κ3) is 3.77. The normalized spacial score (nSPS) is 49.0. The van der Waals surface area contributed by atoms with Gasteiger partial charge in [0.05, 0.1) is 17.8 Å². The number of aliphatic hydroxyl groups excluding tert-OH is 2. The van der Waals surface area contributed by atoms with Crippen molar-refractivity contribution in [1.29, 1.82) is 0 Å². The molecule has 0 heterocycles. The summed E-state index contributed by atoms with van der Waals surface area (Å²) in [5, 5.41) is 31.4. The molecule has 0 aromatic rings. The Morgan fingerprint density at radius 3 is 2.09 bits per heavy atom. The van der Waals surface area contributed by atoms with Crippen molar-refractivity contribution in [2.24, 2.45) is 51.2 Å². The Hall–Kier alpha value is -0.120. The van der Waals surface area contributed by atoms with Crippen LogP contribution in [-0.4, -0.2) is 33.1 Å². The molecule has 0 aromatic carbocycles. The van der Waals surface area contributed by atoms with Crippen LogP contribution >= 0.6 is 0 Å². The lowest BCUT2D eigenvalue weighted by atomic mass is 9.38. The molecule has 0 amide bonds. The highest BCUT2D eigenvalue weighted by molar-refractivity contribution is 5.16. The SMILES string of the molecule is CC(CCC(O)C(C)(C)O)C1CC[C@@]2(C)C3CC[C@H]4C(C)(C)[C@@H](O)CC[C@]4(C)C3CC[C@]12C. The summed E-state index contributed by atoms with van der Waals surface area (Å²) in [7, 11) is 0. The molecule has 4 saturated carbocycles. The highest BCUT2D eigenvalue weighted by Gasteiger charge is 2.67. The monoisotopic (exact) mass is 462 g/mol. The summed E-state index contributed by atoms with van der Waals surface area (Å²) in [6.45, 7) is 18.4. The minimum atomic E-state index is -1.01. The molecule has 4 aliphatic carbocycles. The molecule has 5 unspecified atom stereocenters. The van der Waals surface area contributed by atoms with E-state index in [9.17, 15) is 15.3 Å². The minimum absolute atomic E-state index is 0.0354. The molecule has 192 valence electrons. The Morgan fingerprint density at radius 1 is 0.818 bits per heavy atom. The lowest BCUT2D eigenvalue weighted by molar-refractivity contribution is -0.200. The molecule has 0 radical (unpaired) electrons. The molecule has 10 atom stereocenters. The highest BCUT2D eigenvalue weighted by Crippen LogP contribution is 2.74. The number of fused-ring (bicyclic) bond motifs is 5. The molecule has 33 heavy (non-hydrogen) atoms. The number of rotatable bonds is 5. The number of hydrogen-bond donors (Lipinski definition) is 3. The van der Waals surface area contributed by atoms with E-state index in [0.717, 1.165) is 24.7 Å². The first-order chi connectivity index (χ1) is 15.1. The second-order valence-electron chi connectivity index (χ2n) is 15.0. The van der Waals surface area contributed by atoms with Crippen molar-refractivity contribution in [3.63, 3.8) is 0 Å². The van der Waals surface area contributed by atoms with Gasteiger partial charge in [-0.1, -0.05) is 41.5 Å². The molecule has 3 heteroatoms. The summed E-state index contributed by atoms with van der Waals surface area (Å²) in [4.78, 5) is 0. The van der Waals surface area contributed by atoms with Gasteiger partial charge in [-0.05, 0) is 129 Å². The maximum atomic E-state index is 10.8. The van der Waals surface area contributed by atoms with Crippen LogP contribution < -0.4 is 0 Å². The summed E-state index contributed by atoms with van der Waals surface area (Å²) in [5.41, 5.74) is 0.170. The van der Waals surface area contributed by atoms with Crippen molar-refractivity contribution in [1.82, 2.24) is 0 Å². The maximum Gasteiger partial charge on any atom is 0.0849 e. The Bertz CT molecular complexity index is 725. The summed E-state index contributed by atoms with van der Waals surface area (Å²) in [6.07, 6.45) is 11.1. The van der Waals surface area contributed by atoms with Gasteiger partial charge in [-0.3, -0.25) is 0 Å². The average Bonchev–Trinajstić information content (AvgIpc) is 3.00.